The third-order valence-corrected chi connectivity index (χ3v) is 4.62. The van der Waals surface area contributed by atoms with E-state index in [9.17, 15) is 0 Å². The molecule has 0 amide bonds. The number of hydrogen-bond acceptors (Lipinski definition) is 5. The van der Waals surface area contributed by atoms with E-state index in [0.717, 1.165) is 39.8 Å². The molecule has 0 unspecified atom stereocenters. The van der Waals surface area contributed by atoms with Crippen LogP contribution in [0.5, 0.6) is 11.5 Å². The van der Waals surface area contributed by atoms with Gasteiger partial charge in [0, 0.05) is 32.0 Å². The molecule has 0 radical (unpaired) electrons. The first-order valence-corrected chi connectivity index (χ1v) is 9.44. The van der Waals surface area contributed by atoms with Crippen molar-refractivity contribution in [2.45, 2.75) is 26.9 Å². The maximum absolute atomic E-state index is 5.42. The Hall–Kier alpha value is -3.55. The maximum Gasteiger partial charge on any atom is 0.231 e. The number of ether oxygens (including phenoxy) is 2. The predicted molar refractivity (Wildman–Crippen MR) is 110 cm³/mol. The van der Waals surface area contributed by atoms with Gasteiger partial charge in [0.15, 0.2) is 23.3 Å². The standard InChI is InChI=1S/C21H24N6O2/c1-14-8-15(2)27(26-14)20-7-5-17(11-23-20)12-25-21(22-3)24-10-16-4-6-18-19(9-16)29-13-28-18/h4-9,11H,10,12-13H2,1-3H3,(H2,22,24,25). The number of hydrogen-bond donors (Lipinski definition) is 2. The predicted octanol–water partition coefficient (Wildman–Crippen LogP) is 2.48. The first-order valence-electron chi connectivity index (χ1n) is 9.44. The van der Waals surface area contributed by atoms with E-state index < -0.39 is 0 Å². The van der Waals surface area contributed by atoms with E-state index in [2.05, 4.69) is 25.7 Å². The largest absolute Gasteiger partial charge is 0.454 e. The molecule has 8 nitrogen and oxygen atoms in total. The Bertz CT molecular complexity index is 1030. The second-order valence-corrected chi connectivity index (χ2v) is 6.83. The minimum absolute atomic E-state index is 0.280. The Balaban J connectivity index is 1.32. The van der Waals surface area contributed by atoms with Crippen molar-refractivity contribution >= 4 is 5.96 Å². The summed E-state index contributed by atoms with van der Waals surface area (Å²) in [5, 5.41) is 11.1. The van der Waals surface area contributed by atoms with Gasteiger partial charge in [0.1, 0.15) is 0 Å². The molecule has 0 saturated heterocycles. The quantitative estimate of drug-likeness (QED) is 0.513. The Morgan fingerprint density at radius 2 is 1.79 bits per heavy atom. The number of aliphatic imine (C=N–C) groups is 1. The molecule has 1 aliphatic rings. The van der Waals surface area contributed by atoms with Crippen LogP contribution in [-0.4, -0.2) is 34.6 Å². The number of nitrogens with one attached hydrogen (secondary N) is 2. The average molecular weight is 392 g/mol. The zero-order valence-electron chi connectivity index (χ0n) is 16.8. The molecule has 0 fully saturated rings. The molecular weight excluding hydrogens is 368 g/mol. The van der Waals surface area contributed by atoms with Gasteiger partial charge in [-0.25, -0.2) is 9.67 Å². The van der Waals surface area contributed by atoms with Gasteiger partial charge in [0.2, 0.25) is 6.79 Å². The minimum Gasteiger partial charge on any atom is -0.454 e. The molecule has 0 saturated carbocycles. The summed E-state index contributed by atoms with van der Waals surface area (Å²) >= 11 is 0. The summed E-state index contributed by atoms with van der Waals surface area (Å²) in [6.45, 7) is 5.52. The fourth-order valence-electron chi connectivity index (χ4n) is 3.15. The zero-order valence-corrected chi connectivity index (χ0v) is 16.8. The Kier molecular flexibility index (Phi) is 5.33. The van der Waals surface area contributed by atoms with Crippen LogP contribution in [0, 0.1) is 13.8 Å². The van der Waals surface area contributed by atoms with Gasteiger partial charge in [-0.2, -0.15) is 5.10 Å². The van der Waals surface area contributed by atoms with Gasteiger partial charge in [-0.3, -0.25) is 4.99 Å². The Morgan fingerprint density at radius 3 is 2.48 bits per heavy atom. The van der Waals surface area contributed by atoms with Crippen LogP contribution in [0.4, 0.5) is 0 Å². The van der Waals surface area contributed by atoms with Gasteiger partial charge in [-0.1, -0.05) is 12.1 Å². The van der Waals surface area contributed by atoms with E-state index in [0.29, 0.717) is 19.0 Å². The van der Waals surface area contributed by atoms with E-state index in [1.807, 2.05) is 61.1 Å². The zero-order chi connectivity index (χ0) is 20.2. The SMILES string of the molecule is CN=C(NCc1ccc(-n2nc(C)cc2C)nc1)NCc1ccc2c(c1)OCO2. The lowest BCUT2D eigenvalue weighted by Crippen LogP contribution is -2.36. The maximum atomic E-state index is 5.42. The topological polar surface area (TPSA) is 85.6 Å². The molecule has 29 heavy (non-hydrogen) atoms. The number of benzene rings is 1. The Labute approximate surface area is 169 Å². The number of rotatable bonds is 5. The van der Waals surface area contributed by atoms with Crippen molar-refractivity contribution in [1.29, 1.82) is 0 Å². The highest BCUT2D eigenvalue weighted by atomic mass is 16.7. The van der Waals surface area contributed by atoms with Gasteiger partial charge in [0.25, 0.3) is 0 Å². The van der Waals surface area contributed by atoms with Crippen LogP contribution in [0.2, 0.25) is 0 Å². The first-order chi connectivity index (χ1) is 14.1. The van der Waals surface area contributed by atoms with E-state index in [1.54, 1.807) is 7.05 Å². The molecule has 1 aromatic carbocycles. The van der Waals surface area contributed by atoms with Crippen LogP contribution >= 0.6 is 0 Å². The Morgan fingerprint density at radius 1 is 1.03 bits per heavy atom. The highest BCUT2D eigenvalue weighted by molar-refractivity contribution is 5.79. The van der Waals surface area contributed by atoms with Crippen molar-refractivity contribution < 1.29 is 9.47 Å². The number of fused-ring (bicyclic) bond motifs is 1. The van der Waals surface area contributed by atoms with Gasteiger partial charge in [-0.15, -0.1) is 0 Å². The molecule has 1 aliphatic heterocycles. The van der Waals surface area contributed by atoms with Gasteiger partial charge in [-0.05, 0) is 49.2 Å². The molecule has 0 atom stereocenters. The monoisotopic (exact) mass is 392 g/mol. The van der Waals surface area contributed by atoms with Gasteiger partial charge in [0.05, 0.1) is 5.69 Å². The van der Waals surface area contributed by atoms with Gasteiger partial charge < -0.3 is 20.1 Å². The average Bonchev–Trinajstić information content (AvgIpc) is 3.33. The number of pyridine rings is 1. The number of aromatic nitrogens is 3. The number of aryl methyl sites for hydroxylation is 2. The molecular formula is C21H24N6O2. The van der Waals surface area contributed by atoms with Crippen molar-refractivity contribution in [3.05, 3.63) is 65.1 Å². The molecule has 0 aliphatic carbocycles. The summed E-state index contributed by atoms with van der Waals surface area (Å²) < 4.78 is 12.6. The molecule has 0 bridgehead atoms. The van der Waals surface area contributed by atoms with Crippen LogP contribution in [-0.2, 0) is 13.1 Å². The van der Waals surface area contributed by atoms with E-state index in [1.165, 1.54) is 0 Å². The lowest BCUT2D eigenvalue weighted by Gasteiger charge is -2.12. The van der Waals surface area contributed by atoms with Crippen LogP contribution < -0.4 is 20.1 Å². The molecule has 2 aromatic heterocycles. The van der Waals surface area contributed by atoms with Crippen molar-refractivity contribution in [1.82, 2.24) is 25.4 Å². The smallest absolute Gasteiger partial charge is 0.231 e. The van der Waals surface area contributed by atoms with Crippen LogP contribution in [0.1, 0.15) is 22.5 Å². The summed E-state index contributed by atoms with van der Waals surface area (Å²) in [4.78, 5) is 8.80. The minimum atomic E-state index is 0.280. The molecule has 4 rings (SSSR count). The second-order valence-electron chi connectivity index (χ2n) is 6.83. The third-order valence-electron chi connectivity index (χ3n) is 4.62. The lowest BCUT2D eigenvalue weighted by molar-refractivity contribution is 0.174. The fourth-order valence-corrected chi connectivity index (χ4v) is 3.15. The lowest BCUT2D eigenvalue weighted by atomic mass is 10.2. The molecule has 0 spiro atoms. The summed E-state index contributed by atoms with van der Waals surface area (Å²) in [6.07, 6.45) is 1.85. The van der Waals surface area contributed by atoms with E-state index in [-0.39, 0.29) is 6.79 Å². The van der Waals surface area contributed by atoms with E-state index >= 15 is 0 Å². The van der Waals surface area contributed by atoms with Crippen LogP contribution in [0.3, 0.4) is 0 Å². The molecule has 8 heteroatoms. The van der Waals surface area contributed by atoms with Crippen LogP contribution in [0.25, 0.3) is 5.82 Å². The third kappa shape index (κ3) is 4.31. The fraction of sp³-hybridized carbons (Fsp3) is 0.286. The second kappa shape index (κ2) is 8.22. The van der Waals surface area contributed by atoms with Crippen molar-refractivity contribution in [3.8, 4) is 17.3 Å². The van der Waals surface area contributed by atoms with Gasteiger partial charge >= 0.3 is 0 Å². The molecule has 3 heterocycles. The highest BCUT2D eigenvalue weighted by Crippen LogP contribution is 2.32. The summed E-state index contributed by atoms with van der Waals surface area (Å²) in [7, 11) is 1.75. The normalized spacial score (nSPS) is 12.9. The first kappa shape index (κ1) is 18.8. The molecule has 150 valence electrons. The number of guanidine groups is 1. The van der Waals surface area contributed by atoms with Crippen LogP contribution in [0.15, 0.2) is 47.6 Å². The summed E-state index contributed by atoms with van der Waals surface area (Å²) in [5.41, 5.74) is 4.19. The summed E-state index contributed by atoms with van der Waals surface area (Å²) in [5.74, 6) is 3.09. The highest BCUT2D eigenvalue weighted by Gasteiger charge is 2.13. The van der Waals surface area contributed by atoms with Crippen molar-refractivity contribution in [2.75, 3.05) is 13.8 Å². The van der Waals surface area contributed by atoms with E-state index in [4.69, 9.17) is 9.47 Å². The van der Waals surface area contributed by atoms with Crippen molar-refractivity contribution in [3.63, 3.8) is 0 Å². The van der Waals surface area contributed by atoms with Crippen molar-refractivity contribution in [2.24, 2.45) is 4.99 Å². The molecule has 3 aromatic rings. The molecule has 2 N–H and O–H groups in total. The number of nitrogens with zero attached hydrogens (tertiary/aromatic N) is 4. The summed E-state index contributed by atoms with van der Waals surface area (Å²) in [6, 6.07) is 12.0.